The van der Waals surface area contributed by atoms with E-state index in [1.165, 1.54) is 0 Å². The summed E-state index contributed by atoms with van der Waals surface area (Å²) in [4.78, 5) is 13.5. The minimum Gasteiger partial charge on any atom is -0.368 e. The van der Waals surface area contributed by atoms with Crippen LogP contribution in [0.1, 0.15) is 10.4 Å². The Morgan fingerprint density at radius 3 is 2.69 bits per heavy atom. The zero-order valence-corrected chi connectivity index (χ0v) is 9.63. The summed E-state index contributed by atoms with van der Waals surface area (Å²) in [6, 6.07) is 5.41. The summed E-state index contributed by atoms with van der Waals surface area (Å²) in [5.41, 5.74) is 6.61. The van der Waals surface area contributed by atoms with Gasteiger partial charge in [0, 0.05) is 26.2 Å². The third-order valence-corrected chi connectivity index (χ3v) is 3.01. The Labute approximate surface area is 99.4 Å². The first-order chi connectivity index (χ1) is 7.70. The van der Waals surface area contributed by atoms with Crippen molar-refractivity contribution >= 4 is 23.2 Å². The highest BCUT2D eigenvalue weighted by atomic mass is 35.5. The molecule has 16 heavy (non-hydrogen) atoms. The van der Waals surface area contributed by atoms with Crippen LogP contribution in [0, 0.1) is 0 Å². The first-order valence-corrected chi connectivity index (χ1v) is 5.62. The van der Waals surface area contributed by atoms with E-state index in [0.717, 1.165) is 31.9 Å². The quantitative estimate of drug-likeness (QED) is 0.805. The number of carbonyl (C=O) groups excluding carboxylic acids is 1. The molecule has 0 aliphatic carbocycles. The standard InChI is InChI=1S/C11H14ClN3O/c12-8-2-1-3-9(10(8)11(13)16)15-6-4-14-5-7-15/h1-3,14H,4-7H2,(H2,13,16). The lowest BCUT2D eigenvalue weighted by Gasteiger charge is -2.30. The molecule has 0 bridgehead atoms. The number of hydrogen-bond acceptors (Lipinski definition) is 3. The second-order valence-corrected chi connectivity index (χ2v) is 4.14. The van der Waals surface area contributed by atoms with Crippen LogP contribution >= 0.6 is 11.6 Å². The van der Waals surface area contributed by atoms with E-state index >= 15 is 0 Å². The van der Waals surface area contributed by atoms with Crippen molar-refractivity contribution < 1.29 is 4.79 Å². The fourth-order valence-corrected chi connectivity index (χ4v) is 2.19. The molecule has 1 fully saturated rings. The molecule has 0 atom stereocenters. The van der Waals surface area contributed by atoms with Crippen molar-refractivity contribution in [1.29, 1.82) is 0 Å². The molecule has 1 saturated heterocycles. The van der Waals surface area contributed by atoms with Gasteiger partial charge in [-0.05, 0) is 12.1 Å². The largest absolute Gasteiger partial charge is 0.368 e. The van der Waals surface area contributed by atoms with Gasteiger partial charge in [-0.15, -0.1) is 0 Å². The number of benzene rings is 1. The molecule has 3 N–H and O–H groups in total. The van der Waals surface area contributed by atoms with Crippen LogP contribution in [0.3, 0.4) is 0 Å². The molecule has 0 unspecified atom stereocenters. The van der Waals surface area contributed by atoms with Gasteiger partial charge in [0.2, 0.25) is 0 Å². The Kier molecular flexibility index (Phi) is 3.31. The molecule has 5 heteroatoms. The third-order valence-electron chi connectivity index (χ3n) is 2.70. The number of halogens is 1. The molecular formula is C11H14ClN3O. The molecule has 0 radical (unpaired) electrons. The van der Waals surface area contributed by atoms with Crippen LogP contribution in [0.25, 0.3) is 0 Å². The van der Waals surface area contributed by atoms with Crippen molar-refractivity contribution in [2.45, 2.75) is 0 Å². The molecular weight excluding hydrogens is 226 g/mol. The number of nitrogens with two attached hydrogens (primary N) is 1. The van der Waals surface area contributed by atoms with E-state index in [4.69, 9.17) is 17.3 Å². The summed E-state index contributed by atoms with van der Waals surface area (Å²) in [6.07, 6.45) is 0. The molecule has 1 aromatic carbocycles. The first kappa shape index (κ1) is 11.2. The van der Waals surface area contributed by atoms with Crippen molar-refractivity contribution in [2.75, 3.05) is 31.1 Å². The van der Waals surface area contributed by atoms with E-state index in [1.807, 2.05) is 12.1 Å². The van der Waals surface area contributed by atoms with Crippen LogP contribution < -0.4 is 16.0 Å². The third kappa shape index (κ3) is 2.13. The molecule has 1 aromatic rings. The van der Waals surface area contributed by atoms with Crippen molar-refractivity contribution in [3.63, 3.8) is 0 Å². The highest BCUT2D eigenvalue weighted by molar-refractivity contribution is 6.34. The summed E-state index contributed by atoms with van der Waals surface area (Å²) in [5.74, 6) is -0.473. The Morgan fingerprint density at radius 2 is 2.06 bits per heavy atom. The molecule has 0 spiro atoms. The maximum absolute atomic E-state index is 11.4. The minimum absolute atomic E-state index is 0.420. The second kappa shape index (κ2) is 4.72. The van der Waals surface area contributed by atoms with Gasteiger partial charge < -0.3 is 16.0 Å². The zero-order chi connectivity index (χ0) is 11.5. The maximum Gasteiger partial charge on any atom is 0.252 e. The van der Waals surface area contributed by atoms with Crippen molar-refractivity contribution in [2.24, 2.45) is 5.73 Å². The molecule has 2 rings (SSSR count). The summed E-state index contributed by atoms with van der Waals surface area (Å²) < 4.78 is 0. The molecule has 86 valence electrons. The molecule has 1 amide bonds. The number of piperazine rings is 1. The molecule has 0 saturated carbocycles. The molecule has 0 aromatic heterocycles. The van der Waals surface area contributed by atoms with Crippen LogP contribution in [-0.2, 0) is 0 Å². The second-order valence-electron chi connectivity index (χ2n) is 3.74. The fraction of sp³-hybridized carbons (Fsp3) is 0.364. The smallest absolute Gasteiger partial charge is 0.252 e. The van der Waals surface area contributed by atoms with Gasteiger partial charge in [0.25, 0.3) is 5.91 Å². The van der Waals surface area contributed by atoms with Gasteiger partial charge in [0.1, 0.15) is 0 Å². The lowest BCUT2D eigenvalue weighted by Crippen LogP contribution is -2.44. The van der Waals surface area contributed by atoms with Gasteiger partial charge >= 0.3 is 0 Å². The molecule has 1 aliphatic heterocycles. The number of anilines is 1. The summed E-state index contributed by atoms with van der Waals surface area (Å²) in [5, 5.41) is 3.68. The predicted molar refractivity (Wildman–Crippen MR) is 65.1 cm³/mol. The van der Waals surface area contributed by atoms with Crippen LogP contribution in [0.5, 0.6) is 0 Å². The number of carbonyl (C=O) groups is 1. The van der Waals surface area contributed by atoms with E-state index in [9.17, 15) is 4.79 Å². The minimum atomic E-state index is -0.473. The number of nitrogens with zero attached hydrogens (tertiary/aromatic N) is 1. The van der Waals surface area contributed by atoms with Gasteiger partial charge in [-0.3, -0.25) is 4.79 Å². The summed E-state index contributed by atoms with van der Waals surface area (Å²) in [7, 11) is 0. The Balaban J connectivity index is 2.38. The van der Waals surface area contributed by atoms with Gasteiger partial charge in [0.15, 0.2) is 0 Å². The van der Waals surface area contributed by atoms with E-state index in [0.29, 0.717) is 10.6 Å². The lowest BCUT2D eigenvalue weighted by atomic mass is 10.1. The van der Waals surface area contributed by atoms with Crippen LogP contribution in [0.4, 0.5) is 5.69 Å². The number of primary amides is 1. The Bertz CT molecular complexity index is 402. The van der Waals surface area contributed by atoms with E-state index in [2.05, 4.69) is 10.2 Å². The number of rotatable bonds is 2. The average molecular weight is 240 g/mol. The lowest BCUT2D eigenvalue weighted by molar-refractivity contribution is 0.100. The molecule has 1 aliphatic rings. The Hall–Kier alpha value is -1.26. The first-order valence-electron chi connectivity index (χ1n) is 5.24. The topological polar surface area (TPSA) is 58.4 Å². The normalized spacial score (nSPS) is 16.2. The molecule has 1 heterocycles. The SMILES string of the molecule is NC(=O)c1c(Cl)cccc1N1CCNCC1. The predicted octanol–water partition coefficient (Wildman–Crippen LogP) is 0.848. The fourth-order valence-electron chi connectivity index (χ4n) is 1.93. The maximum atomic E-state index is 11.4. The average Bonchev–Trinajstić information content (AvgIpc) is 2.29. The van der Waals surface area contributed by atoms with Crippen molar-refractivity contribution in [3.8, 4) is 0 Å². The van der Waals surface area contributed by atoms with Crippen LogP contribution in [0.2, 0.25) is 5.02 Å². The number of nitrogens with one attached hydrogen (secondary N) is 1. The van der Waals surface area contributed by atoms with Crippen LogP contribution in [0.15, 0.2) is 18.2 Å². The Morgan fingerprint density at radius 1 is 1.38 bits per heavy atom. The van der Waals surface area contributed by atoms with Gasteiger partial charge in [-0.1, -0.05) is 17.7 Å². The highest BCUT2D eigenvalue weighted by Crippen LogP contribution is 2.27. The van der Waals surface area contributed by atoms with Crippen molar-refractivity contribution in [3.05, 3.63) is 28.8 Å². The monoisotopic (exact) mass is 239 g/mol. The van der Waals surface area contributed by atoms with Gasteiger partial charge in [-0.2, -0.15) is 0 Å². The van der Waals surface area contributed by atoms with Gasteiger partial charge in [0.05, 0.1) is 16.3 Å². The van der Waals surface area contributed by atoms with Crippen molar-refractivity contribution in [1.82, 2.24) is 5.32 Å². The molecule has 4 nitrogen and oxygen atoms in total. The van der Waals surface area contributed by atoms with E-state index in [-0.39, 0.29) is 0 Å². The number of amides is 1. The van der Waals surface area contributed by atoms with E-state index < -0.39 is 5.91 Å². The van der Waals surface area contributed by atoms with Gasteiger partial charge in [-0.25, -0.2) is 0 Å². The highest BCUT2D eigenvalue weighted by Gasteiger charge is 2.18. The summed E-state index contributed by atoms with van der Waals surface area (Å²) in [6.45, 7) is 3.54. The zero-order valence-electron chi connectivity index (χ0n) is 8.87. The van der Waals surface area contributed by atoms with Crippen LogP contribution in [-0.4, -0.2) is 32.1 Å². The summed E-state index contributed by atoms with van der Waals surface area (Å²) >= 11 is 6.00. The van der Waals surface area contributed by atoms with E-state index in [1.54, 1.807) is 6.07 Å². The number of hydrogen-bond donors (Lipinski definition) is 2.